The van der Waals surface area contributed by atoms with Gasteiger partial charge in [-0.25, -0.2) is 4.79 Å². The molecule has 19 heteroatoms. The average molecular weight is 967 g/mol. The first-order valence-electron chi connectivity index (χ1n) is 24.7. The summed E-state index contributed by atoms with van der Waals surface area (Å²) < 4.78 is 92.1. The Labute approximate surface area is 398 Å². The molecule has 0 unspecified atom stereocenters. The van der Waals surface area contributed by atoms with E-state index in [4.69, 9.17) is 71.1 Å². The molecule has 2 aliphatic carbocycles. The number of allylic oxidation sites excluding steroid dienone is 2. The second-order valence-electron chi connectivity index (χ2n) is 20.7. The van der Waals surface area contributed by atoms with Crippen LogP contribution >= 0.6 is 0 Å². The van der Waals surface area contributed by atoms with Crippen LogP contribution in [0.2, 0.25) is 0 Å². The zero-order valence-corrected chi connectivity index (χ0v) is 41.1. The van der Waals surface area contributed by atoms with E-state index in [1.165, 1.54) is 12.7 Å². The highest BCUT2D eigenvalue weighted by Crippen LogP contribution is 2.57. The highest BCUT2D eigenvalue weighted by Gasteiger charge is 2.62. The summed E-state index contributed by atoms with van der Waals surface area (Å²) in [7, 11) is 6.34. The van der Waals surface area contributed by atoms with Crippen molar-refractivity contribution in [1.29, 1.82) is 0 Å². The van der Waals surface area contributed by atoms with Crippen LogP contribution in [0.1, 0.15) is 92.9 Å². The lowest BCUT2D eigenvalue weighted by Crippen LogP contribution is -2.61. The van der Waals surface area contributed by atoms with E-state index in [0.717, 1.165) is 6.42 Å². The van der Waals surface area contributed by atoms with Gasteiger partial charge < -0.3 is 81.3 Å². The molecule has 0 radical (unpaired) electrons. The predicted octanol–water partition coefficient (Wildman–Crippen LogP) is 3.37. The molecule has 0 aromatic carbocycles. The molecule has 9 aliphatic rings. The van der Waals surface area contributed by atoms with Crippen LogP contribution in [0, 0.1) is 23.2 Å². The fraction of sp³-hybridized carbons (Fsp3) is 0.878. The second kappa shape index (κ2) is 20.4. The Balaban J connectivity index is 0.787. The predicted molar refractivity (Wildman–Crippen MR) is 234 cm³/mol. The molecule has 7 fully saturated rings. The van der Waals surface area contributed by atoms with Crippen molar-refractivity contribution in [3.8, 4) is 0 Å². The quantitative estimate of drug-likeness (QED) is 0.212. The third kappa shape index (κ3) is 9.50. The zero-order chi connectivity index (χ0) is 48.4. The molecular weight excluding hydrogens is 893 g/mol. The smallest absolute Gasteiger partial charge is 0.336 e. The molecule has 7 aliphatic heterocycles. The topological polar surface area (TPSA) is 213 Å². The van der Waals surface area contributed by atoms with Gasteiger partial charge in [-0.1, -0.05) is 24.6 Å². The molecule has 1 saturated carbocycles. The monoisotopic (exact) mass is 966 g/mol. The maximum atomic E-state index is 13.8. The third-order valence-corrected chi connectivity index (χ3v) is 16.7. The van der Waals surface area contributed by atoms with E-state index in [2.05, 4.69) is 13.0 Å². The van der Waals surface area contributed by atoms with Crippen molar-refractivity contribution in [2.24, 2.45) is 23.2 Å². The van der Waals surface area contributed by atoms with E-state index >= 15 is 0 Å². The van der Waals surface area contributed by atoms with E-state index < -0.39 is 122 Å². The number of ether oxygens (including phenoxy) is 15. The maximum absolute atomic E-state index is 13.8. The molecule has 0 spiro atoms. The van der Waals surface area contributed by atoms with Crippen LogP contribution in [0.15, 0.2) is 23.3 Å². The van der Waals surface area contributed by atoms with Crippen molar-refractivity contribution in [2.75, 3.05) is 35.0 Å². The fourth-order valence-corrected chi connectivity index (χ4v) is 12.8. The zero-order valence-electron chi connectivity index (χ0n) is 41.1. The highest BCUT2D eigenvalue weighted by molar-refractivity contribution is 5.92. The van der Waals surface area contributed by atoms with Crippen molar-refractivity contribution in [2.45, 2.75) is 215 Å². The van der Waals surface area contributed by atoms with Crippen LogP contribution < -0.4 is 0 Å². The van der Waals surface area contributed by atoms with Crippen molar-refractivity contribution >= 4 is 11.9 Å². The summed E-state index contributed by atoms with van der Waals surface area (Å²) in [4.78, 5) is 26.8. The van der Waals surface area contributed by atoms with Gasteiger partial charge in [-0.05, 0) is 71.1 Å². The molecule has 24 atom stereocenters. The average Bonchev–Trinajstić information content (AvgIpc) is 3.77. The van der Waals surface area contributed by atoms with E-state index in [0.29, 0.717) is 50.5 Å². The Kier molecular flexibility index (Phi) is 15.2. The number of hydrogen-bond acceptors (Lipinski definition) is 19. The molecule has 384 valence electrons. The number of carbonyl (C=O) groups is 2. The van der Waals surface area contributed by atoms with Gasteiger partial charge in [0.15, 0.2) is 25.2 Å². The van der Waals surface area contributed by atoms with E-state index in [1.807, 2.05) is 26.8 Å². The number of aliphatic hydroxyl groups is 2. The maximum Gasteiger partial charge on any atom is 0.336 e. The van der Waals surface area contributed by atoms with E-state index in [9.17, 15) is 19.8 Å². The van der Waals surface area contributed by atoms with Crippen molar-refractivity contribution in [3.63, 3.8) is 0 Å². The summed E-state index contributed by atoms with van der Waals surface area (Å²) in [5.74, 6) is -2.71. The number of methoxy groups -OCH3 is 4. The molecule has 0 aromatic rings. The largest absolute Gasteiger partial charge is 0.459 e. The van der Waals surface area contributed by atoms with E-state index in [-0.39, 0.29) is 42.0 Å². The molecule has 2 N–H and O–H groups in total. The van der Waals surface area contributed by atoms with Gasteiger partial charge in [0, 0.05) is 60.2 Å². The molecule has 7 heterocycles. The van der Waals surface area contributed by atoms with Gasteiger partial charge in [0.25, 0.3) is 0 Å². The normalized spacial score (nSPS) is 50.6. The molecule has 9 rings (SSSR count). The summed E-state index contributed by atoms with van der Waals surface area (Å²) in [5.41, 5.74) is 1.38. The van der Waals surface area contributed by atoms with Gasteiger partial charge >= 0.3 is 11.9 Å². The number of hydrogen-bond donors (Lipinski definition) is 2. The Bertz CT molecular complexity index is 1860. The Morgan fingerprint density at radius 1 is 0.662 bits per heavy atom. The van der Waals surface area contributed by atoms with Crippen LogP contribution in [0.3, 0.4) is 0 Å². The lowest BCUT2D eigenvalue weighted by atomic mass is 9.55. The Morgan fingerprint density at radius 2 is 1.25 bits per heavy atom. The van der Waals surface area contributed by atoms with Gasteiger partial charge in [-0.15, -0.1) is 0 Å². The van der Waals surface area contributed by atoms with Gasteiger partial charge in [0.05, 0.1) is 67.3 Å². The first kappa shape index (κ1) is 50.7. The van der Waals surface area contributed by atoms with Crippen LogP contribution in [-0.4, -0.2) is 180 Å². The first-order chi connectivity index (χ1) is 32.5. The number of aliphatic hydroxyl groups excluding tert-OH is 2. The van der Waals surface area contributed by atoms with Crippen LogP contribution in [-0.2, 0) is 80.6 Å². The summed E-state index contributed by atoms with van der Waals surface area (Å²) in [6.45, 7) is 11.6. The standard InChI is InChI=1S/C49H74O19/c1-22-39(50)31(54-7)18-35(59-22)65-41-23(2)60-36(19-32(41)55-8)66-42-24(3)61-37(20-33(42)56-9)67-43-25(4)62-47(40(51)44(43)57-10)63-27-15-16-48(5)26(17-27)11-12-28-30(48)14-13-29-38-34(64-45(28)52)21-58-49(38,6)68-46(29)53/h11,13,22-25,27-28,30-44,47,50-51H,12,14-21H2,1-10H3/t22-,23+,24+,25+,27-,28+,30-,31-,32-,33-,34+,35-,36-,37-,38+,39+,40+,41+,42+,43+,44+,47-,48-,49+/m0/s1. The third-order valence-electron chi connectivity index (χ3n) is 16.7. The van der Waals surface area contributed by atoms with Crippen molar-refractivity contribution < 1.29 is 90.9 Å². The van der Waals surface area contributed by atoms with Crippen LogP contribution in [0.4, 0.5) is 0 Å². The summed E-state index contributed by atoms with van der Waals surface area (Å²) in [5, 5.41) is 22.2. The van der Waals surface area contributed by atoms with Crippen LogP contribution in [0.5, 0.6) is 0 Å². The Morgan fingerprint density at radius 3 is 1.87 bits per heavy atom. The highest BCUT2D eigenvalue weighted by atomic mass is 16.8. The minimum absolute atomic E-state index is 0.0892. The van der Waals surface area contributed by atoms with Crippen LogP contribution in [0.25, 0.3) is 0 Å². The molecule has 19 nitrogen and oxygen atoms in total. The lowest BCUT2D eigenvalue weighted by Gasteiger charge is -2.51. The second-order valence-corrected chi connectivity index (χ2v) is 20.7. The number of fused-ring (bicyclic) bond motifs is 3. The molecule has 68 heavy (non-hydrogen) atoms. The fourth-order valence-electron chi connectivity index (χ4n) is 12.8. The van der Waals surface area contributed by atoms with Gasteiger partial charge in [0.2, 0.25) is 5.79 Å². The minimum atomic E-state index is -1.18. The van der Waals surface area contributed by atoms with Gasteiger partial charge in [-0.3, -0.25) is 4.79 Å². The summed E-state index contributed by atoms with van der Waals surface area (Å²) in [6.07, 6.45) is -3.20. The van der Waals surface area contributed by atoms with Crippen molar-refractivity contribution in [1.82, 2.24) is 0 Å². The summed E-state index contributed by atoms with van der Waals surface area (Å²) >= 11 is 0. The summed E-state index contributed by atoms with van der Waals surface area (Å²) in [6, 6.07) is 0. The SMILES string of the molecule is CO[C@@H]1[C@@H](O)[C@H](O[C@H]2CC[C@@]3(C)C(=CC[C@H]4C(=O)O[C@@H]5CO[C@]6(C)OC(=O)C(=CC[C@@H]43)[C@H]56)C2)O[C@H](C)[C@H]1O[C@H]1C[C@H](OC)[C@H](O[C@H]2C[C@H](OC)[C@H](O[C@H]3C[C@H](OC)[C@H](O)[C@H](C)O3)[C@@H](C)O2)[C@@H](C)O1. The lowest BCUT2D eigenvalue weighted by molar-refractivity contribution is -0.357. The number of esters is 2. The molecule has 0 aromatic heterocycles. The molecule has 6 saturated heterocycles. The molecular formula is C49H74O19. The number of carbonyl (C=O) groups excluding carboxylic acids is 2. The number of rotatable bonds is 12. The molecule has 0 amide bonds. The Hall–Kier alpha value is -2.18. The van der Waals surface area contributed by atoms with Gasteiger partial charge in [-0.2, -0.15) is 0 Å². The van der Waals surface area contributed by atoms with Crippen molar-refractivity contribution in [3.05, 3.63) is 23.3 Å². The molecule has 0 bridgehead atoms. The van der Waals surface area contributed by atoms with E-state index in [1.54, 1.807) is 35.2 Å². The first-order valence-corrected chi connectivity index (χ1v) is 24.7. The minimum Gasteiger partial charge on any atom is -0.459 e. The van der Waals surface area contributed by atoms with Gasteiger partial charge in [0.1, 0.15) is 42.7 Å².